The maximum atomic E-state index is 2.42. The fourth-order valence-electron chi connectivity index (χ4n) is 6.23. The Morgan fingerprint density at radius 1 is 0.385 bits per heavy atom. The van der Waals surface area contributed by atoms with Crippen molar-refractivity contribution in [3.05, 3.63) is 139 Å². The number of hydrogen-bond donors (Lipinski definition) is 0. The summed E-state index contributed by atoms with van der Waals surface area (Å²) in [5, 5.41) is 0. The van der Waals surface area contributed by atoms with Gasteiger partial charge in [-0.2, -0.15) is 0 Å². The molecule has 0 amide bonds. The van der Waals surface area contributed by atoms with E-state index in [-0.39, 0.29) is 0 Å². The van der Waals surface area contributed by atoms with E-state index in [1.165, 1.54) is 78.0 Å². The van der Waals surface area contributed by atoms with Gasteiger partial charge in [-0.25, -0.2) is 4.57 Å². The van der Waals surface area contributed by atoms with Crippen LogP contribution in [0.5, 0.6) is 0 Å². The molecule has 0 radical (unpaired) electrons. The van der Waals surface area contributed by atoms with Crippen molar-refractivity contribution in [3.8, 4) is 66.9 Å². The summed E-state index contributed by atoms with van der Waals surface area (Å²) in [4.78, 5) is 0. The highest BCUT2D eigenvalue weighted by Gasteiger charge is 2.24. The molecule has 0 unspecified atom stereocenters. The molecule has 0 bridgehead atoms. The zero-order valence-electron chi connectivity index (χ0n) is 22.6. The first-order chi connectivity index (χ1) is 19.1. The van der Waals surface area contributed by atoms with Crippen LogP contribution in [0.1, 0.15) is 11.1 Å². The third-order valence-electron chi connectivity index (χ3n) is 8.15. The first-order valence-corrected chi connectivity index (χ1v) is 13.6. The van der Waals surface area contributed by atoms with Crippen LogP contribution in [-0.2, 0) is 7.05 Å². The second kappa shape index (κ2) is 9.22. The third-order valence-corrected chi connectivity index (χ3v) is 8.15. The lowest BCUT2D eigenvalue weighted by Crippen LogP contribution is -2.31. The number of aromatic nitrogens is 1. The van der Waals surface area contributed by atoms with Gasteiger partial charge < -0.3 is 0 Å². The average molecular weight is 501 g/mol. The molecule has 1 aliphatic rings. The van der Waals surface area contributed by atoms with Gasteiger partial charge in [0.25, 0.3) is 0 Å². The van der Waals surface area contributed by atoms with Gasteiger partial charge in [-0.3, -0.25) is 0 Å². The van der Waals surface area contributed by atoms with Gasteiger partial charge in [0.05, 0.1) is 0 Å². The molecule has 1 nitrogen and oxygen atoms in total. The zero-order chi connectivity index (χ0) is 26.5. The van der Waals surface area contributed by atoms with Gasteiger partial charge in [0.1, 0.15) is 7.05 Å². The number of rotatable bonds is 2. The fraction of sp³-hybridized carbons (Fsp3) is 0.0789. The predicted octanol–water partition coefficient (Wildman–Crippen LogP) is 9.44. The molecule has 1 aliphatic carbocycles. The summed E-state index contributed by atoms with van der Waals surface area (Å²) >= 11 is 0. The Labute approximate surface area is 230 Å². The predicted molar refractivity (Wildman–Crippen MR) is 163 cm³/mol. The first-order valence-electron chi connectivity index (χ1n) is 13.6. The van der Waals surface area contributed by atoms with Crippen molar-refractivity contribution in [1.82, 2.24) is 0 Å². The normalized spacial score (nSPS) is 11.5. The minimum atomic E-state index is 1.22. The van der Waals surface area contributed by atoms with Gasteiger partial charge in [0.2, 0.25) is 5.69 Å². The molecule has 6 aromatic rings. The minimum absolute atomic E-state index is 1.22. The molecule has 0 N–H and O–H groups in total. The molecule has 1 heterocycles. The maximum Gasteiger partial charge on any atom is 0.212 e. The van der Waals surface area contributed by atoms with Crippen molar-refractivity contribution in [2.24, 2.45) is 7.05 Å². The average Bonchev–Trinajstić information content (AvgIpc) is 2.98. The van der Waals surface area contributed by atoms with E-state index in [1.54, 1.807) is 0 Å². The Kier molecular flexibility index (Phi) is 5.52. The van der Waals surface area contributed by atoms with Crippen molar-refractivity contribution in [2.45, 2.75) is 13.8 Å². The molecule has 0 atom stereocenters. The summed E-state index contributed by atoms with van der Waals surface area (Å²) in [6, 6.07) is 44.4. The van der Waals surface area contributed by atoms with Crippen molar-refractivity contribution in [3.63, 3.8) is 0 Å². The van der Waals surface area contributed by atoms with Gasteiger partial charge in [0.15, 0.2) is 6.20 Å². The summed E-state index contributed by atoms with van der Waals surface area (Å²) in [6.07, 6.45) is 2.27. The Hall–Kier alpha value is -4.75. The van der Waals surface area contributed by atoms with E-state index >= 15 is 0 Å². The van der Waals surface area contributed by atoms with E-state index in [1.807, 2.05) is 0 Å². The van der Waals surface area contributed by atoms with Gasteiger partial charge in [-0.05, 0) is 87.2 Å². The number of nitrogens with zero attached hydrogens (tertiary/aromatic N) is 1. The topological polar surface area (TPSA) is 3.88 Å². The van der Waals surface area contributed by atoms with E-state index in [2.05, 4.69) is 153 Å². The fourth-order valence-corrected chi connectivity index (χ4v) is 6.23. The third kappa shape index (κ3) is 3.82. The Morgan fingerprint density at radius 2 is 0.795 bits per heavy atom. The largest absolute Gasteiger partial charge is 0.212 e. The van der Waals surface area contributed by atoms with Gasteiger partial charge in [-0.1, -0.05) is 103 Å². The van der Waals surface area contributed by atoms with Crippen LogP contribution in [0.15, 0.2) is 128 Å². The summed E-state index contributed by atoms with van der Waals surface area (Å²) in [5.74, 6) is 0. The van der Waals surface area contributed by atoms with E-state index in [0.29, 0.717) is 0 Å². The van der Waals surface area contributed by atoms with Crippen molar-refractivity contribution < 1.29 is 4.57 Å². The van der Waals surface area contributed by atoms with E-state index in [9.17, 15) is 0 Å². The molecule has 0 spiro atoms. The molecular weight excluding hydrogens is 470 g/mol. The number of pyridine rings is 1. The molecule has 0 saturated heterocycles. The lowest BCUT2D eigenvalue weighted by molar-refractivity contribution is -0.660. The molecule has 1 aromatic heterocycles. The summed E-state index contributed by atoms with van der Waals surface area (Å²) < 4.78 is 2.28. The molecule has 0 fully saturated rings. The number of fused-ring (bicyclic) bond motifs is 8. The highest BCUT2D eigenvalue weighted by atomic mass is 14.9. The molecule has 0 aliphatic heterocycles. The SMILES string of the molecule is Cc1cc(-c2cc3c(cc2C)-c2ccccc2-c2ccccc2-c2ccccc2-3)[n+](C)cc1-c1ccccc1. The van der Waals surface area contributed by atoms with Crippen LogP contribution in [0, 0.1) is 13.8 Å². The summed E-state index contributed by atoms with van der Waals surface area (Å²) in [5.41, 5.74) is 17.8. The van der Waals surface area contributed by atoms with E-state index in [0.717, 1.165) is 0 Å². The lowest BCUT2D eigenvalue weighted by Gasteiger charge is -2.24. The first kappa shape index (κ1) is 23.4. The molecule has 39 heavy (non-hydrogen) atoms. The van der Waals surface area contributed by atoms with Crippen LogP contribution in [0.3, 0.4) is 0 Å². The molecule has 5 aromatic carbocycles. The Morgan fingerprint density at radius 3 is 1.31 bits per heavy atom. The second-order valence-corrected chi connectivity index (χ2v) is 10.6. The monoisotopic (exact) mass is 500 g/mol. The molecular formula is C38H30N+. The van der Waals surface area contributed by atoms with Crippen molar-refractivity contribution in [1.29, 1.82) is 0 Å². The molecule has 186 valence electrons. The highest BCUT2D eigenvalue weighted by Crippen LogP contribution is 2.48. The van der Waals surface area contributed by atoms with Gasteiger partial charge in [-0.15, -0.1) is 0 Å². The smallest absolute Gasteiger partial charge is 0.200 e. The quantitative estimate of drug-likeness (QED) is 0.208. The van der Waals surface area contributed by atoms with E-state index < -0.39 is 0 Å². The second-order valence-electron chi connectivity index (χ2n) is 10.6. The van der Waals surface area contributed by atoms with Crippen LogP contribution in [0.2, 0.25) is 0 Å². The van der Waals surface area contributed by atoms with Crippen molar-refractivity contribution in [2.75, 3.05) is 0 Å². The van der Waals surface area contributed by atoms with Crippen LogP contribution in [0.25, 0.3) is 66.9 Å². The molecule has 1 heteroatoms. The lowest BCUT2D eigenvalue weighted by atomic mass is 9.79. The summed E-state index contributed by atoms with van der Waals surface area (Å²) in [7, 11) is 2.16. The highest BCUT2D eigenvalue weighted by molar-refractivity contribution is 6.04. The molecule has 7 rings (SSSR count). The van der Waals surface area contributed by atoms with Crippen LogP contribution in [-0.4, -0.2) is 0 Å². The summed E-state index contributed by atoms with van der Waals surface area (Å²) in [6.45, 7) is 4.47. The number of hydrogen-bond acceptors (Lipinski definition) is 0. The van der Waals surface area contributed by atoms with Crippen LogP contribution < -0.4 is 4.57 Å². The number of aryl methyl sites for hydroxylation is 3. The van der Waals surface area contributed by atoms with Gasteiger partial charge >= 0.3 is 0 Å². The molecule has 0 saturated carbocycles. The zero-order valence-corrected chi connectivity index (χ0v) is 22.6. The maximum absolute atomic E-state index is 2.42. The number of benzene rings is 5. The van der Waals surface area contributed by atoms with Crippen LogP contribution >= 0.6 is 0 Å². The van der Waals surface area contributed by atoms with E-state index in [4.69, 9.17) is 0 Å². The van der Waals surface area contributed by atoms with Gasteiger partial charge in [0, 0.05) is 17.2 Å². The van der Waals surface area contributed by atoms with Crippen molar-refractivity contribution >= 4 is 0 Å². The van der Waals surface area contributed by atoms with Crippen LogP contribution in [0.4, 0.5) is 0 Å². The Bertz CT molecular complexity index is 1880. The standard InChI is InChI=1S/C38H30N/c1-25-21-35-32-19-11-9-17-30(32)28-15-7-8-16-29(28)31-18-10-12-20-33(31)36(35)23-34(25)38-22-26(2)37(24-39(38)3)27-13-5-4-6-14-27/h4-24H,1-3H3/q+1. The minimum Gasteiger partial charge on any atom is -0.200 e. The Balaban J connectivity index is 1.51.